The first-order chi connectivity index (χ1) is 9.10. The van der Waals surface area contributed by atoms with Gasteiger partial charge in [0.15, 0.2) is 0 Å². The Bertz CT molecular complexity index is 630. The number of ether oxygens (including phenoxy) is 1. The highest BCUT2D eigenvalue weighted by Gasteiger charge is 2.49. The summed E-state index contributed by atoms with van der Waals surface area (Å²) in [5.74, 6) is 1.14. The summed E-state index contributed by atoms with van der Waals surface area (Å²) >= 11 is 0. The second-order valence-electron chi connectivity index (χ2n) is 5.46. The zero-order valence-electron chi connectivity index (χ0n) is 11.3. The highest BCUT2D eigenvalue weighted by Crippen LogP contribution is 2.54. The number of benzene rings is 2. The molecule has 3 rings (SSSR count). The lowest BCUT2D eigenvalue weighted by Gasteiger charge is -2.22. The molecule has 1 aliphatic rings. The fraction of sp³-hybridized carbons (Fsp3) is 0.375. The van der Waals surface area contributed by atoms with Gasteiger partial charge in [-0.1, -0.05) is 24.3 Å². The van der Waals surface area contributed by atoms with E-state index in [-0.39, 0.29) is 11.5 Å². The van der Waals surface area contributed by atoms with Crippen LogP contribution in [0.25, 0.3) is 10.8 Å². The van der Waals surface area contributed by atoms with E-state index in [2.05, 4.69) is 0 Å². The monoisotopic (exact) mass is 257 g/mol. The lowest BCUT2D eigenvalue weighted by atomic mass is 9.87. The Morgan fingerprint density at radius 3 is 2.53 bits per heavy atom. The Morgan fingerprint density at radius 2 is 1.95 bits per heavy atom. The predicted octanol–water partition coefficient (Wildman–Crippen LogP) is 2.93. The third kappa shape index (κ3) is 1.69. The minimum atomic E-state index is -0.0403. The zero-order valence-corrected chi connectivity index (χ0v) is 11.3. The fourth-order valence-corrected chi connectivity index (χ4v) is 3.00. The number of hydrogen-bond donors (Lipinski definition) is 2. The molecule has 19 heavy (non-hydrogen) atoms. The minimum absolute atomic E-state index is 0.0403. The molecule has 2 aromatic rings. The van der Waals surface area contributed by atoms with E-state index in [4.69, 9.17) is 10.5 Å². The van der Waals surface area contributed by atoms with Crippen molar-refractivity contribution in [2.45, 2.75) is 31.2 Å². The van der Waals surface area contributed by atoms with Crippen molar-refractivity contribution in [1.29, 1.82) is 0 Å². The number of fused-ring (bicyclic) bond motifs is 1. The molecule has 3 heteroatoms. The molecule has 1 atom stereocenters. The van der Waals surface area contributed by atoms with Crippen LogP contribution in [0.4, 0.5) is 0 Å². The van der Waals surface area contributed by atoms with Gasteiger partial charge < -0.3 is 15.6 Å². The Balaban J connectivity index is 2.23. The van der Waals surface area contributed by atoms with Crippen LogP contribution >= 0.6 is 0 Å². The van der Waals surface area contributed by atoms with Crippen molar-refractivity contribution in [2.24, 2.45) is 5.73 Å². The maximum Gasteiger partial charge on any atom is 0.127 e. The van der Waals surface area contributed by atoms with Crippen molar-refractivity contribution in [2.75, 3.05) is 7.11 Å². The number of hydrogen-bond acceptors (Lipinski definition) is 3. The maximum absolute atomic E-state index is 10.6. The smallest absolute Gasteiger partial charge is 0.127 e. The zero-order chi connectivity index (χ0) is 13.6. The molecule has 3 N–H and O–H groups in total. The number of nitrogens with two attached hydrogens (primary N) is 1. The maximum atomic E-state index is 10.6. The van der Waals surface area contributed by atoms with E-state index in [1.54, 1.807) is 7.11 Å². The molecule has 0 spiro atoms. The molecule has 0 amide bonds. The molecule has 0 saturated heterocycles. The molecule has 0 heterocycles. The van der Waals surface area contributed by atoms with Crippen LogP contribution in [0.5, 0.6) is 11.5 Å². The quantitative estimate of drug-likeness (QED) is 0.889. The molecule has 0 aliphatic heterocycles. The van der Waals surface area contributed by atoms with Crippen LogP contribution in [0.2, 0.25) is 0 Å². The van der Waals surface area contributed by atoms with Crippen LogP contribution in [-0.4, -0.2) is 18.3 Å². The predicted molar refractivity (Wildman–Crippen MR) is 76.7 cm³/mol. The molecular formula is C16H19NO2. The lowest BCUT2D eigenvalue weighted by Crippen LogP contribution is -2.31. The lowest BCUT2D eigenvalue weighted by molar-refractivity contribution is 0.419. The van der Waals surface area contributed by atoms with Gasteiger partial charge in [0.05, 0.1) is 7.11 Å². The first kappa shape index (κ1) is 12.3. The highest BCUT2D eigenvalue weighted by molar-refractivity contribution is 5.94. The van der Waals surface area contributed by atoms with Gasteiger partial charge in [0.2, 0.25) is 0 Å². The second kappa shape index (κ2) is 4.14. The van der Waals surface area contributed by atoms with Crippen LogP contribution in [0.3, 0.4) is 0 Å². The van der Waals surface area contributed by atoms with Crippen LogP contribution in [0, 0.1) is 0 Å². The summed E-state index contributed by atoms with van der Waals surface area (Å²) in [4.78, 5) is 0. The summed E-state index contributed by atoms with van der Waals surface area (Å²) < 4.78 is 5.34. The van der Waals surface area contributed by atoms with Crippen LogP contribution in [0.15, 0.2) is 30.3 Å². The van der Waals surface area contributed by atoms with Gasteiger partial charge in [0.25, 0.3) is 0 Å². The van der Waals surface area contributed by atoms with Gasteiger partial charge in [-0.25, -0.2) is 0 Å². The standard InChI is InChI=1S/C16H19NO2/c1-10(17)16(8-9-16)13-7-6-11-12(15(13)18)4-3-5-14(11)19-2/h3-7,10,18H,8-9,17H2,1-2H3. The molecule has 1 aliphatic carbocycles. The molecular weight excluding hydrogens is 238 g/mol. The van der Waals surface area contributed by atoms with Gasteiger partial charge in [0, 0.05) is 27.8 Å². The third-order valence-electron chi connectivity index (χ3n) is 4.41. The molecule has 100 valence electrons. The number of phenols is 1. The normalized spacial score (nSPS) is 18.3. The minimum Gasteiger partial charge on any atom is -0.507 e. The van der Waals surface area contributed by atoms with Gasteiger partial charge in [-0.3, -0.25) is 0 Å². The molecule has 0 radical (unpaired) electrons. The summed E-state index contributed by atoms with van der Waals surface area (Å²) in [5.41, 5.74) is 7.03. The summed E-state index contributed by atoms with van der Waals surface area (Å²) in [5, 5.41) is 12.4. The third-order valence-corrected chi connectivity index (χ3v) is 4.41. The fourth-order valence-electron chi connectivity index (χ4n) is 3.00. The Kier molecular flexibility index (Phi) is 2.68. The first-order valence-corrected chi connectivity index (χ1v) is 6.65. The Labute approximate surface area is 113 Å². The van der Waals surface area contributed by atoms with Gasteiger partial charge in [-0.2, -0.15) is 0 Å². The summed E-state index contributed by atoms with van der Waals surface area (Å²) in [6, 6.07) is 9.80. The van der Waals surface area contributed by atoms with Crippen LogP contribution < -0.4 is 10.5 Å². The van der Waals surface area contributed by atoms with Crippen molar-refractivity contribution in [3.8, 4) is 11.5 Å². The number of methoxy groups -OCH3 is 1. The molecule has 0 aromatic heterocycles. The first-order valence-electron chi connectivity index (χ1n) is 6.65. The van der Waals surface area contributed by atoms with Crippen LogP contribution in [-0.2, 0) is 5.41 Å². The van der Waals surface area contributed by atoms with Gasteiger partial charge in [-0.15, -0.1) is 0 Å². The number of aromatic hydroxyl groups is 1. The Hall–Kier alpha value is -1.74. The molecule has 1 unspecified atom stereocenters. The van der Waals surface area contributed by atoms with Crippen LogP contribution in [0.1, 0.15) is 25.3 Å². The van der Waals surface area contributed by atoms with E-state index in [0.29, 0.717) is 5.75 Å². The summed E-state index contributed by atoms with van der Waals surface area (Å²) in [7, 11) is 1.64. The van der Waals surface area contributed by atoms with Crippen molar-refractivity contribution < 1.29 is 9.84 Å². The SMILES string of the molecule is COc1cccc2c(O)c(C3(C(C)N)CC3)ccc12. The molecule has 0 bridgehead atoms. The van der Waals surface area contributed by atoms with Crippen molar-refractivity contribution in [3.63, 3.8) is 0 Å². The average Bonchev–Trinajstić information content (AvgIpc) is 3.20. The van der Waals surface area contributed by atoms with Crippen molar-refractivity contribution >= 4 is 10.8 Å². The summed E-state index contributed by atoms with van der Waals surface area (Å²) in [6.45, 7) is 2.02. The molecule has 1 saturated carbocycles. The van der Waals surface area contributed by atoms with Crippen molar-refractivity contribution in [1.82, 2.24) is 0 Å². The Morgan fingerprint density at radius 1 is 1.21 bits per heavy atom. The van der Waals surface area contributed by atoms with Gasteiger partial charge in [-0.05, 0) is 25.8 Å². The highest BCUT2D eigenvalue weighted by atomic mass is 16.5. The van der Waals surface area contributed by atoms with E-state index in [1.807, 2.05) is 37.3 Å². The largest absolute Gasteiger partial charge is 0.507 e. The van der Waals surface area contributed by atoms with E-state index >= 15 is 0 Å². The van der Waals surface area contributed by atoms with Gasteiger partial charge >= 0.3 is 0 Å². The topological polar surface area (TPSA) is 55.5 Å². The second-order valence-corrected chi connectivity index (χ2v) is 5.46. The molecule has 2 aromatic carbocycles. The van der Waals surface area contributed by atoms with Gasteiger partial charge in [0.1, 0.15) is 11.5 Å². The number of phenolic OH excluding ortho intramolecular Hbond substituents is 1. The van der Waals surface area contributed by atoms with E-state index in [0.717, 1.165) is 34.9 Å². The molecule has 1 fully saturated rings. The number of rotatable bonds is 3. The summed E-state index contributed by atoms with van der Waals surface area (Å²) in [6.07, 6.45) is 2.10. The van der Waals surface area contributed by atoms with E-state index in [1.165, 1.54) is 0 Å². The average molecular weight is 257 g/mol. The molecule has 3 nitrogen and oxygen atoms in total. The van der Waals surface area contributed by atoms with E-state index in [9.17, 15) is 5.11 Å². The van der Waals surface area contributed by atoms with E-state index < -0.39 is 0 Å². The van der Waals surface area contributed by atoms with Crippen molar-refractivity contribution in [3.05, 3.63) is 35.9 Å².